The summed E-state index contributed by atoms with van der Waals surface area (Å²) in [4.78, 5) is 12.2. The van der Waals surface area contributed by atoms with Crippen molar-refractivity contribution < 1.29 is 26.4 Å². The van der Waals surface area contributed by atoms with Crippen molar-refractivity contribution in [1.82, 2.24) is 0 Å². The maximum atomic E-state index is 13.1. The minimum atomic E-state index is -4.73. The van der Waals surface area contributed by atoms with E-state index < -0.39 is 22.7 Å². The van der Waals surface area contributed by atoms with Crippen LogP contribution >= 0.6 is 11.3 Å². The highest BCUT2D eigenvalue weighted by molar-refractivity contribution is 7.92. The average Bonchev–Trinajstić information content (AvgIpc) is 3.22. The summed E-state index contributed by atoms with van der Waals surface area (Å²) in [7, 11) is -4.49. The lowest BCUT2D eigenvalue weighted by atomic mass is 10.2. The highest BCUT2D eigenvalue weighted by atomic mass is 32.2. The molecule has 158 valence electrons. The summed E-state index contributed by atoms with van der Waals surface area (Å²) < 4.78 is 65.6. The Hall–Kier alpha value is -2.85. The fraction of sp³-hybridized carbons (Fsp3) is 0.150. The molecule has 0 saturated carbocycles. The molecule has 0 radical (unpaired) electrons. The molecule has 0 saturated heterocycles. The normalized spacial score (nSPS) is 11.9. The fourth-order valence-electron chi connectivity index (χ4n) is 2.63. The third-order valence-electron chi connectivity index (χ3n) is 4.09. The summed E-state index contributed by atoms with van der Waals surface area (Å²) >= 11 is 1.24. The molecule has 0 spiro atoms. The number of aryl methyl sites for hydroxylation is 1. The number of halogens is 3. The molecule has 10 heteroatoms. The Morgan fingerprint density at radius 1 is 1.03 bits per heavy atom. The molecule has 2 aromatic carbocycles. The van der Waals surface area contributed by atoms with Crippen LogP contribution in [0.2, 0.25) is 0 Å². The molecule has 0 aliphatic rings. The van der Waals surface area contributed by atoms with E-state index in [2.05, 4.69) is 5.32 Å². The van der Waals surface area contributed by atoms with Gasteiger partial charge in [0.2, 0.25) is 0 Å². The van der Waals surface area contributed by atoms with E-state index in [1.165, 1.54) is 47.7 Å². The molecule has 0 fully saturated rings. The van der Waals surface area contributed by atoms with Gasteiger partial charge in [0, 0.05) is 5.69 Å². The summed E-state index contributed by atoms with van der Waals surface area (Å²) in [5, 5.41) is 4.35. The van der Waals surface area contributed by atoms with Gasteiger partial charge >= 0.3 is 6.18 Å². The second kappa shape index (κ2) is 8.49. The molecule has 3 rings (SSSR count). The maximum Gasteiger partial charge on any atom is 0.407 e. The third-order valence-corrected chi connectivity index (χ3v) is 6.75. The lowest BCUT2D eigenvalue weighted by Crippen LogP contribution is -2.39. The smallest absolute Gasteiger partial charge is 0.321 e. The van der Waals surface area contributed by atoms with Crippen molar-refractivity contribution in [3.05, 3.63) is 76.5 Å². The van der Waals surface area contributed by atoms with Gasteiger partial charge in [0.05, 0.1) is 15.5 Å². The van der Waals surface area contributed by atoms with Crippen molar-refractivity contribution in [3.8, 4) is 0 Å². The fourth-order valence-corrected chi connectivity index (χ4v) is 4.70. The van der Waals surface area contributed by atoms with Crippen molar-refractivity contribution in [2.75, 3.05) is 16.2 Å². The zero-order valence-electron chi connectivity index (χ0n) is 15.7. The van der Waals surface area contributed by atoms with Crippen molar-refractivity contribution in [1.29, 1.82) is 0 Å². The highest BCUT2D eigenvalue weighted by Gasteiger charge is 2.37. The first-order chi connectivity index (χ1) is 14.1. The quantitative estimate of drug-likeness (QED) is 0.566. The summed E-state index contributed by atoms with van der Waals surface area (Å²) in [5.74, 6) is -0.362. The highest BCUT2D eigenvalue weighted by Crippen LogP contribution is 2.29. The molecule has 1 N–H and O–H groups in total. The molecule has 1 heterocycles. The van der Waals surface area contributed by atoms with E-state index in [1.54, 1.807) is 24.4 Å². The molecule has 0 atom stereocenters. The van der Waals surface area contributed by atoms with Gasteiger partial charge in [0.25, 0.3) is 15.9 Å². The number of carbonyl (C=O) groups is 1. The number of amides is 1. The molecular formula is C20H17F3N2O3S2. The van der Waals surface area contributed by atoms with Crippen LogP contribution in [0.4, 0.5) is 24.5 Å². The molecule has 5 nitrogen and oxygen atoms in total. The topological polar surface area (TPSA) is 66.5 Å². The first-order valence-electron chi connectivity index (χ1n) is 8.67. The zero-order valence-corrected chi connectivity index (χ0v) is 17.3. The number of rotatable bonds is 6. The van der Waals surface area contributed by atoms with Gasteiger partial charge in [-0.3, -0.25) is 9.10 Å². The van der Waals surface area contributed by atoms with Gasteiger partial charge in [-0.15, -0.1) is 11.3 Å². The Morgan fingerprint density at radius 2 is 1.67 bits per heavy atom. The number of hydrogen-bond donors (Lipinski definition) is 1. The molecule has 0 aliphatic carbocycles. The van der Waals surface area contributed by atoms with E-state index in [1.807, 2.05) is 0 Å². The predicted octanol–water partition coefficient (Wildman–Crippen LogP) is 5.07. The Balaban J connectivity index is 1.88. The Kier molecular flexibility index (Phi) is 6.18. The predicted molar refractivity (Wildman–Crippen MR) is 110 cm³/mol. The number of nitrogens with zero attached hydrogens (tertiary/aromatic N) is 1. The number of alkyl halides is 3. The van der Waals surface area contributed by atoms with Crippen LogP contribution in [0.3, 0.4) is 0 Å². The maximum absolute atomic E-state index is 13.1. The number of benzene rings is 2. The first-order valence-corrected chi connectivity index (χ1v) is 11.0. The van der Waals surface area contributed by atoms with Gasteiger partial charge in [0.1, 0.15) is 6.54 Å². The third kappa shape index (κ3) is 5.19. The Labute approximate surface area is 175 Å². The van der Waals surface area contributed by atoms with Crippen molar-refractivity contribution in [3.63, 3.8) is 0 Å². The van der Waals surface area contributed by atoms with Crippen molar-refractivity contribution in [2.45, 2.75) is 18.0 Å². The van der Waals surface area contributed by atoms with E-state index in [0.717, 1.165) is 17.7 Å². The zero-order chi connectivity index (χ0) is 21.9. The Bertz CT molecular complexity index is 1110. The standard InChI is InChI=1S/C20H17F3N2O3S2/c1-14-4-8-16(9-5-14)25(13-20(21,22)23)30(27,28)17-10-6-15(7-11-17)24-19(26)18-3-2-12-29-18/h2-12H,13H2,1H3,(H,24,26). The number of anilines is 2. The SMILES string of the molecule is Cc1ccc(N(CC(F)(F)F)S(=O)(=O)c2ccc(NC(=O)c3cccs3)cc2)cc1. The van der Waals surface area contributed by atoms with E-state index >= 15 is 0 Å². The molecule has 0 aliphatic heterocycles. The summed E-state index contributed by atoms with van der Waals surface area (Å²) in [6.07, 6.45) is -4.73. The van der Waals surface area contributed by atoms with Gasteiger partial charge in [0.15, 0.2) is 0 Å². The number of hydrogen-bond acceptors (Lipinski definition) is 4. The minimum absolute atomic E-state index is 0.0898. The number of thiophene rings is 1. The summed E-state index contributed by atoms with van der Waals surface area (Å²) in [6, 6.07) is 14.1. The Morgan fingerprint density at radius 3 is 2.20 bits per heavy atom. The largest absolute Gasteiger partial charge is 0.407 e. The molecule has 3 aromatic rings. The van der Waals surface area contributed by atoms with Crippen LogP contribution in [0.25, 0.3) is 0 Å². The van der Waals surface area contributed by atoms with Crippen LogP contribution in [0, 0.1) is 6.92 Å². The lowest BCUT2D eigenvalue weighted by Gasteiger charge is -2.25. The first kappa shape index (κ1) is 21.8. The van der Waals surface area contributed by atoms with Gasteiger partial charge in [-0.25, -0.2) is 8.42 Å². The molecule has 0 unspecified atom stereocenters. The summed E-state index contributed by atoms with van der Waals surface area (Å²) in [5.41, 5.74) is 1.02. The number of carbonyl (C=O) groups excluding carboxylic acids is 1. The van der Waals surface area contributed by atoms with Crippen LogP contribution in [-0.4, -0.2) is 27.0 Å². The van der Waals surface area contributed by atoms with Crippen molar-refractivity contribution in [2.24, 2.45) is 0 Å². The second-order valence-corrected chi connectivity index (χ2v) is 9.23. The van der Waals surface area contributed by atoms with Crippen LogP contribution in [0.5, 0.6) is 0 Å². The minimum Gasteiger partial charge on any atom is -0.321 e. The van der Waals surface area contributed by atoms with E-state index in [9.17, 15) is 26.4 Å². The molecule has 1 aromatic heterocycles. The van der Waals surface area contributed by atoms with Gasteiger partial charge in [-0.2, -0.15) is 13.2 Å². The van der Waals surface area contributed by atoms with E-state index in [0.29, 0.717) is 14.9 Å². The van der Waals surface area contributed by atoms with E-state index in [-0.39, 0.29) is 16.5 Å². The molecule has 1 amide bonds. The van der Waals surface area contributed by atoms with Crippen molar-refractivity contribution >= 4 is 38.6 Å². The molecule has 0 bridgehead atoms. The van der Waals surface area contributed by atoms with Crippen LogP contribution in [0.15, 0.2) is 70.9 Å². The van der Waals surface area contributed by atoms with Crippen LogP contribution < -0.4 is 9.62 Å². The monoisotopic (exact) mass is 454 g/mol. The molecular weight excluding hydrogens is 437 g/mol. The molecule has 30 heavy (non-hydrogen) atoms. The van der Waals surface area contributed by atoms with Gasteiger partial charge in [-0.1, -0.05) is 23.8 Å². The number of sulfonamides is 1. The number of nitrogens with one attached hydrogen (secondary N) is 1. The lowest BCUT2D eigenvalue weighted by molar-refractivity contribution is -0.117. The average molecular weight is 454 g/mol. The van der Waals surface area contributed by atoms with Crippen LogP contribution in [-0.2, 0) is 10.0 Å². The van der Waals surface area contributed by atoms with Gasteiger partial charge in [-0.05, 0) is 54.8 Å². The van der Waals surface area contributed by atoms with Crippen LogP contribution in [0.1, 0.15) is 15.2 Å². The van der Waals surface area contributed by atoms with E-state index in [4.69, 9.17) is 0 Å². The second-order valence-electron chi connectivity index (χ2n) is 6.42. The summed E-state index contributed by atoms with van der Waals surface area (Å²) in [6.45, 7) is 0.0881. The van der Waals surface area contributed by atoms with Gasteiger partial charge < -0.3 is 5.32 Å².